The third-order valence-corrected chi connectivity index (χ3v) is 5.76. The summed E-state index contributed by atoms with van der Waals surface area (Å²) in [5.41, 5.74) is 3.66. The van der Waals surface area contributed by atoms with E-state index in [9.17, 15) is 4.79 Å². The highest BCUT2D eigenvalue weighted by Crippen LogP contribution is 2.23. The molecule has 140 valence electrons. The number of benzene rings is 3. The van der Waals surface area contributed by atoms with Crippen molar-refractivity contribution in [3.8, 4) is 0 Å². The molecule has 1 aromatic heterocycles. The van der Waals surface area contributed by atoms with Crippen LogP contribution >= 0.6 is 11.8 Å². The van der Waals surface area contributed by atoms with Gasteiger partial charge in [0, 0.05) is 0 Å². The highest BCUT2D eigenvalue weighted by Gasteiger charge is 2.12. The van der Waals surface area contributed by atoms with Gasteiger partial charge in [0.05, 0.1) is 28.5 Å². The number of hydrogen-bond acceptors (Lipinski definition) is 4. The van der Waals surface area contributed by atoms with Gasteiger partial charge in [0.1, 0.15) is 5.03 Å². The maximum Gasteiger partial charge on any atom is 0.230 e. The van der Waals surface area contributed by atoms with E-state index < -0.39 is 0 Å². The van der Waals surface area contributed by atoms with Crippen LogP contribution in [0.25, 0.3) is 21.8 Å². The predicted molar refractivity (Wildman–Crippen MR) is 116 cm³/mol. The molecule has 1 amide bonds. The van der Waals surface area contributed by atoms with Gasteiger partial charge in [-0.2, -0.15) is 0 Å². The van der Waals surface area contributed by atoms with Crippen LogP contribution in [0.3, 0.4) is 0 Å². The first-order valence-corrected chi connectivity index (χ1v) is 10.2. The standard InChI is InChI=1S/C23H21N3OS/c1-15(18-12-11-17-7-3-4-8-19(17)13-18)25-22(27)14-28-23-16(2)24-20-9-5-6-10-21(20)26-23/h3-13,15H,14H2,1-2H3,(H,25,27). The summed E-state index contributed by atoms with van der Waals surface area (Å²) in [6.07, 6.45) is 0. The van der Waals surface area contributed by atoms with Crippen LogP contribution in [-0.4, -0.2) is 21.6 Å². The predicted octanol–water partition coefficient (Wildman–Crippen LogP) is 5.06. The lowest BCUT2D eigenvalue weighted by Gasteiger charge is -2.15. The molecule has 3 aromatic carbocycles. The number of amides is 1. The number of thioether (sulfide) groups is 1. The molecule has 4 nitrogen and oxygen atoms in total. The number of para-hydroxylation sites is 2. The molecule has 28 heavy (non-hydrogen) atoms. The minimum absolute atomic E-state index is 0.0139. The van der Waals surface area contributed by atoms with Gasteiger partial charge in [0.25, 0.3) is 0 Å². The molecular weight excluding hydrogens is 366 g/mol. The molecule has 1 unspecified atom stereocenters. The SMILES string of the molecule is Cc1nc2ccccc2nc1SCC(=O)NC(C)c1ccc2ccccc2c1. The highest BCUT2D eigenvalue weighted by atomic mass is 32.2. The van der Waals surface area contributed by atoms with Crippen LogP contribution in [-0.2, 0) is 4.79 Å². The zero-order valence-electron chi connectivity index (χ0n) is 15.8. The number of aromatic nitrogens is 2. The zero-order chi connectivity index (χ0) is 19.5. The van der Waals surface area contributed by atoms with Gasteiger partial charge in [-0.3, -0.25) is 4.79 Å². The topological polar surface area (TPSA) is 54.9 Å². The van der Waals surface area contributed by atoms with Gasteiger partial charge >= 0.3 is 0 Å². The second kappa shape index (κ2) is 7.98. The lowest BCUT2D eigenvalue weighted by atomic mass is 10.0. The molecular formula is C23H21N3OS. The summed E-state index contributed by atoms with van der Waals surface area (Å²) in [4.78, 5) is 21.7. The number of carbonyl (C=O) groups is 1. The van der Waals surface area contributed by atoms with E-state index in [2.05, 4.69) is 45.6 Å². The van der Waals surface area contributed by atoms with Crippen LogP contribution in [0, 0.1) is 6.92 Å². The zero-order valence-corrected chi connectivity index (χ0v) is 16.7. The van der Waals surface area contributed by atoms with E-state index in [4.69, 9.17) is 0 Å². The summed E-state index contributed by atoms with van der Waals surface area (Å²) in [5.74, 6) is 0.297. The van der Waals surface area contributed by atoms with Gasteiger partial charge in [-0.05, 0) is 48.4 Å². The van der Waals surface area contributed by atoms with Crippen molar-refractivity contribution in [1.29, 1.82) is 0 Å². The van der Waals surface area contributed by atoms with E-state index in [-0.39, 0.29) is 11.9 Å². The molecule has 4 rings (SSSR count). The molecule has 1 atom stereocenters. The third-order valence-electron chi connectivity index (χ3n) is 4.69. The molecule has 0 aliphatic rings. The number of nitrogens with one attached hydrogen (secondary N) is 1. The second-order valence-electron chi connectivity index (χ2n) is 6.79. The van der Waals surface area contributed by atoms with Crippen molar-refractivity contribution in [3.05, 3.63) is 78.0 Å². The Kier molecular flexibility index (Phi) is 5.26. The van der Waals surface area contributed by atoms with Crippen LogP contribution in [0.2, 0.25) is 0 Å². The van der Waals surface area contributed by atoms with Crippen molar-refractivity contribution in [2.45, 2.75) is 24.9 Å². The van der Waals surface area contributed by atoms with Crippen molar-refractivity contribution < 1.29 is 4.79 Å². The van der Waals surface area contributed by atoms with Crippen molar-refractivity contribution in [1.82, 2.24) is 15.3 Å². The number of carbonyl (C=O) groups excluding carboxylic acids is 1. The summed E-state index contributed by atoms with van der Waals surface area (Å²) >= 11 is 1.42. The fraction of sp³-hybridized carbons (Fsp3) is 0.174. The lowest BCUT2D eigenvalue weighted by molar-refractivity contribution is -0.119. The number of fused-ring (bicyclic) bond motifs is 2. The Morgan fingerprint density at radius 3 is 2.43 bits per heavy atom. The Balaban J connectivity index is 1.41. The van der Waals surface area contributed by atoms with E-state index in [0.29, 0.717) is 5.75 Å². The number of aryl methyl sites for hydroxylation is 1. The molecule has 5 heteroatoms. The second-order valence-corrected chi connectivity index (χ2v) is 7.75. The van der Waals surface area contributed by atoms with Crippen LogP contribution in [0.15, 0.2) is 71.8 Å². The summed E-state index contributed by atoms with van der Waals surface area (Å²) in [7, 11) is 0. The molecule has 0 bridgehead atoms. The highest BCUT2D eigenvalue weighted by molar-refractivity contribution is 7.99. The molecule has 0 fully saturated rings. The summed E-state index contributed by atoms with van der Waals surface area (Å²) in [6, 6.07) is 22.2. The molecule has 0 saturated heterocycles. The Labute approximate surface area is 168 Å². The average Bonchev–Trinajstić information content (AvgIpc) is 2.71. The molecule has 0 aliphatic carbocycles. The van der Waals surface area contributed by atoms with E-state index in [1.54, 1.807) is 0 Å². The largest absolute Gasteiger partial charge is 0.349 e. The average molecular weight is 388 g/mol. The van der Waals surface area contributed by atoms with Crippen LogP contribution in [0.5, 0.6) is 0 Å². The van der Waals surface area contributed by atoms with E-state index >= 15 is 0 Å². The summed E-state index contributed by atoms with van der Waals surface area (Å²) < 4.78 is 0. The van der Waals surface area contributed by atoms with Crippen molar-refractivity contribution >= 4 is 39.5 Å². The fourth-order valence-electron chi connectivity index (χ4n) is 3.19. The van der Waals surface area contributed by atoms with Gasteiger partial charge in [0.2, 0.25) is 5.91 Å². The Hall–Kier alpha value is -2.92. The smallest absolute Gasteiger partial charge is 0.230 e. The number of hydrogen-bond donors (Lipinski definition) is 1. The van der Waals surface area contributed by atoms with Gasteiger partial charge in [-0.25, -0.2) is 9.97 Å². The first-order valence-electron chi connectivity index (χ1n) is 9.24. The monoisotopic (exact) mass is 387 g/mol. The van der Waals surface area contributed by atoms with Crippen LogP contribution < -0.4 is 5.32 Å². The molecule has 0 aliphatic heterocycles. The molecule has 1 heterocycles. The summed E-state index contributed by atoms with van der Waals surface area (Å²) in [5, 5.41) is 6.26. The Morgan fingerprint density at radius 2 is 1.64 bits per heavy atom. The molecule has 4 aromatic rings. The molecule has 1 N–H and O–H groups in total. The van der Waals surface area contributed by atoms with Gasteiger partial charge in [0.15, 0.2) is 0 Å². The minimum atomic E-state index is -0.0542. The maximum absolute atomic E-state index is 12.5. The van der Waals surface area contributed by atoms with Crippen molar-refractivity contribution in [2.24, 2.45) is 0 Å². The summed E-state index contributed by atoms with van der Waals surface area (Å²) in [6.45, 7) is 3.94. The quantitative estimate of drug-likeness (QED) is 0.486. The number of rotatable bonds is 5. The van der Waals surface area contributed by atoms with Crippen LogP contribution in [0.1, 0.15) is 24.2 Å². The van der Waals surface area contributed by atoms with Crippen molar-refractivity contribution in [3.63, 3.8) is 0 Å². The Bertz CT molecular complexity index is 1160. The van der Waals surface area contributed by atoms with Gasteiger partial charge in [-0.1, -0.05) is 60.3 Å². The molecule has 0 radical (unpaired) electrons. The van der Waals surface area contributed by atoms with Gasteiger partial charge < -0.3 is 5.32 Å². The van der Waals surface area contributed by atoms with E-state index in [1.165, 1.54) is 22.5 Å². The van der Waals surface area contributed by atoms with E-state index in [1.807, 2.05) is 50.2 Å². The minimum Gasteiger partial charge on any atom is -0.349 e. The van der Waals surface area contributed by atoms with Crippen molar-refractivity contribution in [2.75, 3.05) is 5.75 Å². The fourth-order valence-corrected chi connectivity index (χ4v) is 3.95. The maximum atomic E-state index is 12.5. The first-order chi connectivity index (χ1) is 13.6. The third kappa shape index (κ3) is 3.99. The Morgan fingerprint density at radius 1 is 0.964 bits per heavy atom. The van der Waals surface area contributed by atoms with Crippen LogP contribution in [0.4, 0.5) is 0 Å². The first kappa shape index (κ1) is 18.4. The lowest BCUT2D eigenvalue weighted by Crippen LogP contribution is -2.28. The molecule has 0 spiro atoms. The molecule has 0 saturated carbocycles. The van der Waals surface area contributed by atoms with Gasteiger partial charge in [-0.15, -0.1) is 0 Å². The van der Waals surface area contributed by atoms with E-state index in [0.717, 1.165) is 27.3 Å². The number of nitrogens with zero attached hydrogens (tertiary/aromatic N) is 2. The normalized spacial score (nSPS) is 12.2.